The van der Waals surface area contributed by atoms with Gasteiger partial charge < -0.3 is 4.57 Å². The summed E-state index contributed by atoms with van der Waals surface area (Å²) in [5, 5.41) is 4.85. The van der Waals surface area contributed by atoms with E-state index < -0.39 is 0 Å². The minimum Gasteiger partial charge on any atom is -0.308 e. The molecule has 48 heavy (non-hydrogen) atoms. The molecule has 0 amide bonds. The minimum absolute atomic E-state index is 0.590. The summed E-state index contributed by atoms with van der Waals surface area (Å²) in [6.45, 7) is 8.79. The van der Waals surface area contributed by atoms with Crippen LogP contribution in [-0.4, -0.2) is 24.1 Å². The number of fused-ring (bicyclic) bond motifs is 6. The summed E-state index contributed by atoms with van der Waals surface area (Å²) in [7, 11) is 0. The van der Waals surface area contributed by atoms with E-state index in [-0.39, 0.29) is 0 Å². The first kappa shape index (κ1) is 28.2. The summed E-state index contributed by atoms with van der Waals surface area (Å²) < 4.78 is 4.60. The molecule has 0 fully saturated rings. The van der Waals surface area contributed by atoms with Crippen LogP contribution in [0.15, 0.2) is 127 Å². The molecule has 0 bridgehead atoms. The van der Waals surface area contributed by atoms with E-state index in [1.54, 1.807) is 0 Å². The molecule has 6 aromatic carbocycles. The minimum atomic E-state index is 0.590. The maximum atomic E-state index is 5.30. The molecule has 0 aliphatic carbocycles. The topological polar surface area (TPSA) is 48.5 Å². The number of hydrogen-bond donors (Lipinski definition) is 0. The van der Waals surface area contributed by atoms with Crippen LogP contribution in [-0.2, 0) is 0 Å². The van der Waals surface area contributed by atoms with Gasteiger partial charge in [0.15, 0.2) is 11.6 Å². The van der Waals surface area contributed by atoms with Gasteiger partial charge in [0.2, 0.25) is 5.95 Å². The van der Waals surface area contributed by atoms with Crippen LogP contribution in [0.3, 0.4) is 0 Å². The van der Waals surface area contributed by atoms with E-state index in [4.69, 9.17) is 15.0 Å². The van der Waals surface area contributed by atoms with Gasteiger partial charge in [-0.25, -0.2) is 4.98 Å². The zero-order valence-electron chi connectivity index (χ0n) is 27.4. The van der Waals surface area contributed by atoms with Crippen LogP contribution in [0.1, 0.15) is 22.3 Å². The van der Waals surface area contributed by atoms with E-state index >= 15 is 0 Å². The average molecular weight is 620 g/mol. The van der Waals surface area contributed by atoms with Crippen molar-refractivity contribution in [2.45, 2.75) is 27.7 Å². The lowest BCUT2D eigenvalue weighted by Gasteiger charge is -2.16. The van der Waals surface area contributed by atoms with Gasteiger partial charge in [-0.1, -0.05) is 102 Å². The van der Waals surface area contributed by atoms with Gasteiger partial charge in [-0.2, -0.15) is 9.97 Å². The maximum Gasteiger partial charge on any atom is 0.238 e. The van der Waals surface area contributed by atoms with Crippen molar-refractivity contribution in [2.24, 2.45) is 0 Å². The molecule has 0 N–H and O–H groups in total. The molecule has 0 aliphatic heterocycles. The highest BCUT2D eigenvalue weighted by Gasteiger charge is 2.22. The Morgan fingerprint density at radius 2 is 0.958 bits per heavy atom. The normalized spacial score (nSPS) is 11.8. The van der Waals surface area contributed by atoms with Crippen molar-refractivity contribution in [3.05, 3.63) is 150 Å². The highest BCUT2D eigenvalue weighted by Crippen LogP contribution is 2.40. The van der Waals surface area contributed by atoms with Gasteiger partial charge in [-0.15, -0.1) is 0 Å². The van der Waals surface area contributed by atoms with E-state index in [0.29, 0.717) is 17.6 Å². The van der Waals surface area contributed by atoms with Crippen molar-refractivity contribution >= 4 is 43.6 Å². The first-order valence-electron chi connectivity index (χ1n) is 16.4. The Bertz CT molecular complexity index is 2600. The number of aryl methyl sites for hydroxylation is 4. The Labute approximate surface area is 278 Å². The number of para-hydroxylation sites is 3. The van der Waals surface area contributed by atoms with Crippen LogP contribution < -0.4 is 0 Å². The van der Waals surface area contributed by atoms with Crippen LogP contribution >= 0.6 is 0 Å². The van der Waals surface area contributed by atoms with E-state index in [1.807, 2.05) is 18.2 Å². The fourth-order valence-corrected chi connectivity index (χ4v) is 7.57. The van der Waals surface area contributed by atoms with Gasteiger partial charge in [-0.3, -0.25) is 4.57 Å². The van der Waals surface area contributed by atoms with E-state index in [0.717, 1.165) is 27.8 Å². The first-order valence-corrected chi connectivity index (χ1v) is 16.4. The molecule has 0 saturated heterocycles. The molecular formula is C43H33N5. The smallest absolute Gasteiger partial charge is 0.238 e. The van der Waals surface area contributed by atoms with Gasteiger partial charge in [0, 0.05) is 32.7 Å². The van der Waals surface area contributed by atoms with Crippen molar-refractivity contribution in [1.82, 2.24) is 24.1 Å². The first-order chi connectivity index (χ1) is 23.5. The lowest BCUT2D eigenvalue weighted by molar-refractivity contribution is 0.951. The Balaban J connectivity index is 1.38. The van der Waals surface area contributed by atoms with Crippen molar-refractivity contribution < 1.29 is 0 Å². The molecule has 0 atom stereocenters. The second-order valence-electron chi connectivity index (χ2n) is 12.8. The van der Waals surface area contributed by atoms with Gasteiger partial charge in [0.25, 0.3) is 0 Å². The molecule has 3 heterocycles. The quantitative estimate of drug-likeness (QED) is 0.197. The van der Waals surface area contributed by atoms with Crippen molar-refractivity contribution in [1.29, 1.82) is 0 Å². The molecule has 0 aliphatic rings. The maximum absolute atomic E-state index is 5.30. The third-order valence-corrected chi connectivity index (χ3v) is 9.45. The van der Waals surface area contributed by atoms with Crippen molar-refractivity contribution in [3.8, 4) is 34.4 Å². The molecule has 9 rings (SSSR count). The molecule has 5 nitrogen and oxygen atoms in total. The van der Waals surface area contributed by atoms with E-state index in [2.05, 4.69) is 146 Å². The van der Waals surface area contributed by atoms with Crippen molar-refractivity contribution in [3.63, 3.8) is 0 Å². The largest absolute Gasteiger partial charge is 0.308 e. The summed E-state index contributed by atoms with van der Waals surface area (Å²) in [5.74, 6) is 1.85. The van der Waals surface area contributed by atoms with E-state index in [1.165, 1.54) is 54.8 Å². The van der Waals surface area contributed by atoms with Crippen LogP contribution in [0.2, 0.25) is 0 Å². The zero-order chi connectivity index (χ0) is 32.5. The fraction of sp³-hybridized carbons (Fsp3) is 0.0930. The van der Waals surface area contributed by atoms with Gasteiger partial charge in [-0.05, 0) is 75.2 Å². The highest BCUT2D eigenvalue weighted by molar-refractivity contribution is 6.12. The molecule has 0 unspecified atom stereocenters. The number of benzene rings is 6. The molecule has 0 spiro atoms. The fourth-order valence-electron chi connectivity index (χ4n) is 7.57. The lowest BCUT2D eigenvalue weighted by atomic mass is 10.0. The molecule has 9 aromatic rings. The number of nitrogens with zero attached hydrogens (tertiary/aromatic N) is 5. The van der Waals surface area contributed by atoms with Gasteiger partial charge in [0.05, 0.1) is 27.8 Å². The molecule has 0 saturated carbocycles. The third kappa shape index (κ3) is 4.28. The number of hydrogen-bond acceptors (Lipinski definition) is 3. The Morgan fingerprint density at radius 1 is 0.438 bits per heavy atom. The molecule has 230 valence electrons. The summed E-state index contributed by atoms with van der Waals surface area (Å²) in [6, 6.07) is 44.8. The average Bonchev–Trinajstić information content (AvgIpc) is 3.62. The summed E-state index contributed by atoms with van der Waals surface area (Å²) in [4.78, 5) is 15.6. The zero-order valence-corrected chi connectivity index (χ0v) is 27.4. The lowest BCUT2D eigenvalue weighted by Crippen LogP contribution is -2.08. The van der Waals surface area contributed by atoms with Crippen molar-refractivity contribution in [2.75, 3.05) is 0 Å². The standard InChI is InChI=1S/C43H33N5/c1-26-22-28(3)39-34(24-26)35-25-27(2)23-29(4)40(35)48(39)38-21-13-10-18-33(38)42-44-41(30-14-6-5-7-15-30)45-43(46-42)47-36-19-11-8-16-31(36)32-17-9-12-20-37(32)47/h5-25H,1-4H3. The van der Waals surface area contributed by atoms with Crippen LogP contribution in [0, 0.1) is 27.7 Å². The highest BCUT2D eigenvalue weighted by atomic mass is 15.2. The van der Waals surface area contributed by atoms with E-state index in [9.17, 15) is 0 Å². The molecule has 5 heteroatoms. The van der Waals surface area contributed by atoms with Crippen LogP contribution in [0.4, 0.5) is 0 Å². The predicted molar refractivity (Wildman–Crippen MR) is 198 cm³/mol. The predicted octanol–water partition coefficient (Wildman–Crippen LogP) is 10.6. The molecular weight excluding hydrogens is 587 g/mol. The molecule has 3 aromatic heterocycles. The summed E-state index contributed by atoms with van der Waals surface area (Å²) >= 11 is 0. The van der Waals surface area contributed by atoms with Gasteiger partial charge >= 0.3 is 0 Å². The summed E-state index contributed by atoms with van der Waals surface area (Å²) in [5.41, 5.74) is 12.4. The second kappa shape index (κ2) is 10.7. The Hall–Kier alpha value is -6.07. The number of rotatable bonds is 4. The SMILES string of the molecule is Cc1cc(C)c2c(c1)c1cc(C)cc(C)c1n2-c1ccccc1-c1nc(-c2ccccc2)nc(-n2c3ccccc3c3ccccc32)n1. The van der Waals surface area contributed by atoms with Crippen LogP contribution in [0.25, 0.3) is 78.0 Å². The van der Waals surface area contributed by atoms with Crippen LogP contribution in [0.5, 0.6) is 0 Å². The Morgan fingerprint density at radius 3 is 1.58 bits per heavy atom. The summed E-state index contributed by atoms with van der Waals surface area (Å²) in [6.07, 6.45) is 0. The monoisotopic (exact) mass is 619 g/mol. The number of aromatic nitrogens is 5. The second-order valence-corrected chi connectivity index (χ2v) is 12.8. The Kier molecular flexibility index (Phi) is 6.31. The molecule has 0 radical (unpaired) electrons. The van der Waals surface area contributed by atoms with Gasteiger partial charge in [0.1, 0.15) is 0 Å². The third-order valence-electron chi connectivity index (χ3n) is 9.45.